The number of ether oxygens (including phenoxy) is 2. The molecule has 5 heteroatoms. The maximum Gasteiger partial charge on any atom is 0.338 e. The fourth-order valence-corrected chi connectivity index (χ4v) is 1.45. The van der Waals surface area contributed by atoms with Gasteiger partial charge in [0.2, 0.25) is 0 Å². The van der Waals surface area contributed by atoms with Crippen molar-refractivity contribution in [3.8, 4) is 0 Å². The molecule has 0 spiro atoms. The van der Waals surface area contributed by atoms with Crippen LogP contribution in [0.15, 0.2) is 30.3 Å². The van der Waals surface area contributed by atoms with Crippen molar-refractivity contribution in [1.29, 1.82) is 0 Å². The number of benzene rings is 1. The highest BCUT2D eigenvalue weighted by molar-refractivity contribution is 6.35. The normalized spacial score (nSPS) is 10.9. The molecule has 0 aromatic heterocycles. The van der Waals surface area contributed by atoms with Crippen molar-refractivity contribution in [3.63, 3.8) is 0 Å². The van der Waals surface area contributed by atoms with Crippen LogP contribution in [0.4, 0.5) is 0 Å². The van der Waals surface area contributed by atoms with Gasteiger partial charge in [0.25, 0.3) is 0 Å². The van der Waals surface area contributed by atoms with Gasteiger partial charge in [0.1, 0.15) is 0 Å². The molecule has 0 bridgehead atoms. The summed E-state index contributed by atoms with van der Waals surface area (Å²) in [7, 11) is 2.45. The molecule has 0 aliphatic rings. The Morgan fingerprint density at radius 3 is 2.35 bits per heavy atom. The molecular formula is C12H11ClO4. The lowest BCUT2D eigenvalue weighted by molar-refractivity contribution is -0.136. The minimum Gasteiger partial charge on any atom is -0.466 e. The first kappa shape index (κ1) is 13.3. The highest BCUT2D eigenvalue weighted by atomic mass is 35.5. The Morgan fingerprint density at radius 2 is 1.82 bits per heavy atom. The topological polar surface area (TPSA) is 52.6 Å². The highest BCUT2D eigenvalue weighted by Gasteiger charge is 2.16. The van der Waals surface area contributed by atoms with Crippen molar-refractivity contribution < 1.29 is 19.1 Å². The number of carbonyl (C=O) groups is 2. The van der Waals surface area contributed by atoms with Crippen molar-refractivity contribution >= 4 is 29.1 Å². The van der Waals surface area contributed by atoms with Crippen molar-refractivity contribution in [2.45, 2.75) is 0 Å². The van der Waals surface area contributed by atoms with Crippen LogP contribution < -0.4 is 0 Å². The molecular weight excluding hydrogens is 244 g/mol. The number of halogens is 1. The van der Waals surface area contributed by atoms with E-state index in [1.54, 1.807) is 24.3 Å². The summed E-state index contributed by atoms with van der Waals surface area (Å²) < 4.78 is 9.06. The van der Waals surface area contributed by atoms with Crippen LogP contribution in [0.5, 0.6) is 0 Å². The van der Waals surface area contributed by atoms with Crippen LogP contribution in [-0.4, -0.2) is 26.2 Å². The minimum atomic E-state index is -0.650. The van der Waals surface area contributed by atoms with Gasteiger partial charge in [-0.15, -0.1) is 0 Å². The van der Waals surface area contributed by atoms with Crippen LogP contribution >= 0.6 is 11.6 Å². The van der Waals surface area contributed by atoms with E-state index >= 15 is 0 Å². The summed E-state index contributed by atoms with van der Waals surface area (Å²) in [5.41, 5.74) is 0.483. The first-order valence-electron chi connectivity index (χ1n) is 4.73. The number of hydrogen-bond donors (Lipinski definition) is 0. The Hall–Kier alpha value is -1.81. The van der Waals surface area contributed by atoms with Crippen LogP contribution in [0.1, 0.15) is 5.56 Å². The maximum atomic E-state index is 11.6. The second-order valence-electron chi connectivity index (χ2n) is 3.05. The lowest BCUT2D eigenvalue weighted by atomic mass is 10.1. The summed E-state index contributed by atoms with van der Waals surface area (Å²) in [6, 6.07) is 6.66. The van der Waals surface area contributed by atoms with E-state index in [2.05, 4.69) is 9.47 Å². The molecule has 0 unspecified atom stereocenters. The molecule has 4 nitrogen and oxygen atoms in total. The summed E-state index contributed by atoms with van der Waals surface area (Å²) in [6.07, 6.45) is 1.05. The quantitative estimate of drug-likeness (QED) is 0.612. The van der Waals surface area contributed by atoms with Crippen molar-refractivity contribution in [2.75, 3.05) is 14.2 Å². The molecule has 0 amide bonds. The third kappa shape index (κ3) is 3.32. The molecule has 0 saturated carbocycles. The number of carbonyl (C=O) groups excluding carboxylic acids is 2. The van der Waals surface area contributed by atoms with E-state index in [-0.39, 0.29) is 5.57 Å². The van der Waals surface area contributed by atoms with Crippen molar-refractivity contribution in [3.05, 3.63) is 40.9 Å². The number of methoxy groups -OCH3 is 2. The smallest absolute Gasteiger partial charge is 0.338 e. The zero-order valence-corrected chi connectivity index (χ0v) is 10.2. The van der Waals surface area contributed by atoms with E-state index in [0.717, 1.165) is 6.08 Å². The van der Waals surface area contributed by atoms with E-state index < -0.39 is 11.9 Å². The van der Waals surface area contributed by atoms with Gasteiger partial charge in [0.05, 0.1) is 19.8 Å². The highest BCUT2D eigenvalue weighted by Crippen LogP contribution is 2.24. The van der Waals surface area contributed by atoms with E-state index in [4.69, 9.17) is 11.6 Å². The van der Waals surface area contributed by atoms with E-state index in [1.165, 1.54) is 14.2 Å². The SMILES string of the molecule is COC(=O)/C=C(\C(=O)OC)c1ccccc1Cl. The molecule has 0 radical (unpaired) electrons. The zero-order valence-electron chi connectivity index (χ0n) is 9.40. The third-order valence-corrected chi connectivity index (χ3v) is 2.36. The predicted octanol–water partition coefficient (Wildman–Crippen LogP) is 2.07. The summed E-state index contributed by atoms with van der Waals surface area (Å²) in [4.78, 5) is 22.7. The Labute approximate surface area is 104 Å². The first-order valence-corrected chi connectivity index (χ1v) is 5.10. The van der Waals surface area contributed by atoms with Crippen LogP contribution in [0.2, 0.25) is 5.02 Å². The van der Waals surface area contributed by atoms with Crippen LogP contribution in [0, 0.1) is 0 Å². The van der Waals surface area contributed by atoms with Gasteiger partial charge in [-0.3, -0.25) is 0 Å². The summed E-state index contributed by atoms with van der Waals surface area (Å²) in [6.45, 7) is 0. The van der Waals surface area contributed by atoms with Gasteiger partial charge < -0.3 is 9.47 Å². The third-order valence-electron chi connectivity index (χ3n) is 2.03. The van der Waals surface area contributed by atoms with Gasteiger partial charge in [-0.25, -0.2) is 9.59 Å². The van der Waals surface area contributed by atoms with Crippen LogP contribution in [-0.2, 0) is 19.1 Å². The van der Waals surface area contributed by atoms with Gasteiger partial charge in [-0.1, -0.05) is 29.8 Å². The Bertz CT molecular complexity index is 465. The fraction of sp³-hybridized carbons (Fsp3) is 0.167. The Kier molecular flexibility index (Phi) is 4.72. The molecule has 17 heavy (non-hydrogen) atoms. The molecule has 0 aliphatic carbocycles. The predicted molar refractivity (Wildman–Crippen MR) is 63.5 cm³/mol. The van der Waals surface area contributed by atoms with E-state index in [9.17, 15) is 9.59 Å². The number of rotatable bonds is 3. The Morgan fingerprint density at radius 1 is 1.18 bits per heavy atom. The molecule has 0 heterocycles. The summed E-state index contributed by atoms with van der Waals surface area (Å²) in [5.74, 6) is -1.30. The lowest BCUT2D eigenvalue weighted by Gasteiger charge is -2.07. The van der Waals surface area contributed by atoms with Gasteiger partial charge in [-0.2, -0.15) is 0 Å². The van der Waals surface area contributed by atoms with Gasteiger partial charge in [0.15, 0.2) is 0 Å². The van der Waals surface area contributed by atoms with E-state index in [0.29, 0.717) is 10.6 Å². The molecule has 1 aromatic carbocycles. The lowest BCUT2D eigenvalue weighted by Crippen LogP contribution is -2.07. The fourth-order valence-electron chi connectivity index (χ4n) is 1.21. The number of esters is 2. The van der Waals surface area contributed by atoms with Crippen molar-refractivity contribution in [2.24, 2.45) is 0 Å². The first-order chi connectivity index (χ1) is 8.10. The molecule has 0 saturated heterocycles. The maximum absolute atomic E-state index is 11.6. The van der Waals surface area contributed by atoms with Gasteiger partial charge in [-0.05, 0) is 6.07 Å². The van der Waals surface area contributed by atoms with Crippen LogP contribution in [0.3, 0.4) is 0 Å². The summed E-state index contributed by atoms with van der Waals surface area (Å²) in [5, 5.41) is 0.355. The zero-order chi connectivity index (χ0) is 12.8. The molecule has 0 N–H and O–H groups in total. The molecule has 1 aromatic rings. The van der Waals surface area contributed by atoms with Crippen LogP contribution in [0.25, 0.3) is 5.57 Å². The molecule has 0 atom stereocenters. The van der Waals surface area contributed by atoms with Gasteiger partial charge in [0, 0.05) is 16.7 Å². The molecule has 0 fully saturated rings. The average molecular weight is 255 g/mol. The molecule has 1 rings (SSSR count). The van der Waals surface area contributed by atoms with Gasteiger partial charge >= 0.3 is 11.9 Å². The average Bonchev–Trinajstić information content (AvgIpc) is 2.35. The minimum absolute atomic E-state index is 0.0601. The van der Waals surface area contributed by atoms with E-state index in [1.807, 2.05) is 0 Å². The second kappa shape index (κ2) is 6.06. The number of hydrogen-bond acceptors (Lipinski definition) is 4. The Balaban J connectivity index is 3.25. The molecule has 90 valence electrons. The standard InChI is InChI=1S/C12H11ClO4/c1-16-11(14)7-9(12(15)17-2)8-5-3-4-6-10(8)13/h3-7H,1-2H3/b9-7-. The van der Waals surface area contributed by atoms with Crippen molar-refractivity contribution in [1.82, 2.24) is 0 Å². The monoisotopic (exact) mass is 254 g/mol. The molecule has 0 aliphatic heterocycles. The second-order valence-corrected chi connectivity index (χ2v) is 3.46. The summed E-state index contributed by atoms with van der Waals surface area (Å²) >= 11 is 5.95. The largest absolute Gasteiger partial charge is 0.466 e.